The van der Waals surface area contributed by atoms with Gasteiger partial charge in [0.15, 0.2) is 0 Å². The number of nitrogens with zero attached hydrogens (tertiary/aromatic N) is 2. The van der Waals surface area contributed by atoms with Gasteiger partial charge < -0.3 is 10.0 Å². The van der Waals surface area contributed by atoms with Crippen molar-refractivity contribution < 1.29 is 9.90 Å². The van der Waals surface area contributed by atoms with Crippen LogP contribution >= 0.6 is 0 Å². The maximum atomic E-state index is 10.6. The summed E-state index contributed by atoms with van der Waals surface area (Å²) in [6.07, 6.45) is 4.25. The molecule has 88 valence electrons. The Morgan fingerprint density at radius 3 is 2.94 bits per heavy atom. The van der Waals surface area contributed by atoms with Crippen LogP contribution in [0.5, 0.6) is 0 Å². The van der Waals surface area contributed by atoms with Gasteiger partial charge in [-0.25, -0.2) is 0 Å². The van der Waals surface area contributed by atoms with Crippen molar-refractivity contribution in [1.29, 1.82) is 0 Å². The van der Waals surface area contributed by atoms with E-state index in [9.17, 15) is 4.79 Å². The van der Waals surface area contributed by atoms with Crippen molar-refractivity contribution in [3.8, 4) is 0 Å². The van der Waals surface area contributed by atoms with E-state index in [-0.39, 0.29) is 5.92 Å². The number of carboxylic acids is 1. The molecule has 1 unspecified atom stereocenters. The van der Waals surface area contributed by atoms with Crippen LogP contribution < -0.4 is 0 Å². The number of hydrogen-bond acceptors (Lipinski definition) is 3. The Balaban J connectivity index is 2.31. The van der Waals surface area contributed by atoms with Crippen LogP contribution in [-0.4, -0.2) is 34.6 Å². The minimum absolute atomic E-state index is 0.281. The van der Waals surface area contributed by atoms with Crippen LogP contribution in [0.4, 0.5) is 0 Å². The van der Waals surface area contributed by atoms with Crippen LogP contribution in [0.3, 0.4) is 0 Å². The van der Waals surface area contributed by atoms with Crippen molar-refractivity contribution >= 4 is 5.97 Å². The first-order valence-electron chi connectivity index (χ1n) is 5.40. The maximum absolute atomic E-state index is 10.6. The summed E-state index contributed by atoms with van der Waals surface area (Å²) in [6.45, 7) is 3.32. The third-order valence-electron chi connectivity index (χ3n) is 2.54. The first-order valence-corrected chi connectivity index (χ1v) is 5.40. The van der Waals surface area contributed by atoms with Gasteiger partial charge in [0.25, 0.3) is 0 Å². The third-order valence-corrected chi connectivity index (χ3v) is 2.54. The molecule has 0 aromatic carbocycles. The van der Waals surface area contributed by atoms with Crippen molar-refractivity contribution in [3.05, 3.63) is 30.1 Å². The number of hydrogen-bond donors (Lipinski definition) is 1. The molecule has 4 nitrogen and oxygen atoms in total. The lowest BCUT2D eigenvalue weighted by molar-refractivity contribution is -0.141. The molecule has 1 N–H and O–H groups in total. The monoisotopic (exact) mass is 222 g/mol. The number of carboxylic acid groups (broad SMARTS) is 1. The summed E-state index contributed by atoms with van der Waals surface area (Å²) in [5.41, 5.74) is 1.15. The second-order valence-corrected chi connectivity index (χ2v) is 4.13. The average molecular weight is 222 g/mol. The van der Waals surface area contributed by atoms with Gasteiger partial charge in [-0.2, -0.15) is 0 Å². The van der Waals surface area contributed by atoms with E-state index in [1.807, 2.05) is 25.4 Å². The molecule has 0 saturated heterocycles. The van der Waals surface area contributed by atoms with Gasteiger partial charge in [-0.3, -0.25) is 9.78 Å². The maximum Gasteiger partial charge on any atom is 0.306 e. The summed E-state index contributed by atoms with van der Waals surface area (Å²) in [5, 5.41) is 8.76. The second-order valence-electron chi connectivity index (χ2n) is 4.13. The van der Waals surface area contributed by atoms with Crippen LogP contribution in [0.1, 0.15) is 18.9 Å². The Kier molecular flexibility index (Phi) is 4.92. The molecule has 1 heterocycles. The molecule has 0 radical (unpaired) electrons. The lowest BCUT2D eigenvalue weighted by Crippen LogP contribution is -2.23. The number of pyridine rings is 1. The second kappa shape index (κ2) is 6.23. The summed E-state index contributed by atoms with van der Waals surface area (Å²) in [6, 6.07) is 3.92. The lowest BCUT2D eigenvalue weighted by Gasteiger charge is -2.17. The zero-order chi connectivity index (χ0) is 12.0. The fourth-order valence-corrected chi connectivity index (χ4v) is 1.42. The van der Waals surface area contributed by atoms with Gasteiger partial charge in [0.05, 0.1) is 5.92 Å². The van der Waals surface area contributed by atoms with Crippen LogP contribution in [0.2, 0.25) is 0 Å². The first-order chi connectivity index (χ1) is 7.59. The Hall–Kier alpha value is -1.42. The molecule has 0 spiro atoms. The fraction of sp³-hybridized carbons (Fsp3) is 0.500. The van der Waals surface area contributed by atoms with Gasteiger partial charge in [-0.1, -0.05) is 13.0 Å². The van der Waals surface area contributed by atoms with Gasteiger partial charge >= 0.3 is 5.97 Å². The van der Waals surface area contributed by atoms with E-state index in [0.717, 1.165) is 18.7 Å². The zero-order valence-corrected chi connectivity index (χ0v) is 9.76. The molecule has 0 aliphatic heterocycles. The Morgan fingerprint density at radius 2 is 2.38 bits per heavy atom. The lowest BCUT2D eigenvalue weighted by atomic mass is 10.1. The molecule has 4 heteroatoms. The smallest absolute Gasteiger partial charge is 0.306 e. The standard InChI is InChI=1S/C12H18N2O2/c1-10(12(15)16)5-7-14(2)9-11-4-3-6-13-8-11/h3-4,6,8,10H,5,7,9H2,1-2H3,(H,15,16). The van der Waals surface area contributed by atoms with E-state index in [2.05, 4.69) is 9.88 Å². The van der Waals surface area contributed by atoms with Crippen molar-refractivity contribution in [2.24, 2.45) is 5.92 Å². The molecular weight excluding hydrogens is 204 g/mol. The van der Waals surface area contributed by atoms with Gasteiger partial charge in [-0.05, 0) is 31.6 Å². The van der Waals surface area contributed by atoms with Crippen molar-refractivity contribution in [1.82, 2.24) is 9.88 Å². The summed E-state index contributed by atoms with van der Waals surface area (Å²) in [5.74, 6) is -1.01. The Labute approximate surface area is 95.9 Å². The number of aliphatic carboxylic acids is 1. The predicted molar refractivity (Wildman–Crippen MR) is 62.0 cm³/mol. The summed E-state index contributed by atoms with van der Waals surface area (Å²) in [7, 11) is 1.99. The molecule has 1 rings (SSSR count). The summed E-state index contributed by atoms with van der Waals surface area (Å²) >= 11 is 0. The normalized spacial score (nSPS) is 12.7. The van der Waals surface area contributed by atoms with Crippen molar-refractivity contribution in [2.45, 2.75) is 19.9 Å². The van der Waals surface area contributed by atoms with Crippen molar-refractivity contribution in [2.75, 3.05) is 13.6 Å². The molecule has 1 aromatic heterocycles. The summed E-state index contributed by atoms with van der Waals surface area (Å²) in [4.78, 5) is 16.8. The molecule has 16 heavy (non-hydrogen) atoms. The highest BCUT2D eigenvalue weighted by Crippen LogP contribution is 2.06. The van der Waals surface area contributed by atoms with Crippen LogP contribution in [0.15, 0.2) is 24.5 Å². The fourth-order valence-electron chi connectivity index (χ4n) is 1.42. The topological polar surface area (TPSA) is 53.4 Å². The van der Waals surface area contributed by atoms with E-state index >= 15 is 0 Å². The molecule has 0 amide bonds. The van der Waals surface area contributed by atoms with Crippen LogP contribution in [-0.2, 0) is 11.3 Å². The molecule has 1 atom stereocenters. The van der Waals surface area contributed by atoms with Gasteiger partial charge in [-0.15, -0.1) is 0 Å². The van der Waals surface area contributed by atoms with Crippen molar-refractivity contribution in [3.63, 3.8) is 0 Å². The SMILES string of the molecule is CC(CCN(C)Cc1cccnc1)C(=O)O. The zero-order valence-electron chi connectivity index (χ0n) is 9.76. The predicted octanol–water partition coefficient (Wildman–Crippen LogP) is 1.62. The number of rotatable bonds is 6. The highest BCUT2D eigenvalue weighted by atomic mass is 16.4. The largest absolute Gasteiger partial charge is 0.481 e. The molecule has 0 fully saturated rings. The highest BCUT2D eigenvalue weighted by molar-refractivity contribution is 5.69. The Bertz CT molecular complexity index is 327. The van der Waals surface area contributed by atoms with Crippen LogP contribution in [0, 0.1) is 5.92 Å². The van der Waals surface area contributed by atoms with E-state index in [1.165, 1.54) is 0 Å². The molecular formula is C12H18N2O2. The minimum atomic E-state index is -0.727. The van der Waals surface area contributed by atoms with Gasteiger partial charge in [0.2, 0.25) is 0 Å². The molecule has 0 aliphatic carbocycles. The molecule has 0 saturated carbocycles. The number of aromatic nitrogens is 1. The van der Waals surface area contributed by atoms with Gasteiger partial charge in [0, 0.05) is 18.9 Å². The number of carbonyl (C=O) groups is 1. The molecule has 0 aliphatic rings. The molecule has 1 aromatic rings. The third kappa shape index (κ3) is 4.40. The molecule has 0 bridgehead atoms. The first kappa shape index (κ1) is 12.6. The van der Waals surface area contributed by atoms with E-state index in [1.54, 1.807) is 13.1 Å². The Morgan fingerprint density at radius 1 is 1.62 bits per heavy atom. The van der Waals surface area contributed by atoms with E-state index in [0.29, 0.717) is 6.42 Å². The summed E-state index contributed by atoms with van der Waals surface area (Å²) < 4.78 is 0. The highest BCUT2D eigenvalue weighted by Gasteiger charge is 2.11. The van der Waals surface area contributed by atoms with Crippen LogP contribution in [0.25, 0.3) is 0 Å². The van der Waals surface area contributed by atoms with Gasteiger partial charge in [0.1, 0.15) is 0 Å². The van der Waals surface area contributed by atoms with E-state index < -0.39 is 5.97 Å². The average Bonchev–Trinajstić information content (AvgIpc) is 2.27. The minimum Gasteiger partial charge on any atom is -0.481 e. The van der Waals surface area contributed by atoms with E-state index in [4.69, 9.17) is 5.11 Å². The quantitative estimate of drug-likeness (QED) is 0.794.